The van der Waals surface area contributed by atoms with Gasteiger partial charge in [-0.25, -0.2) is 9.59 Å². The molecule has 0 unspecified atom stereocenters. The summed E-state index contributed by atoms with van der Waals surface area (Å²) in [5.41, 5.74) is -1.89. The highest BCUT2D eigenvalue weighted by molar-refractivity contribution is 5.92. The van der Waals surface area contributed by atoms with Crippen molar-refractivity contribution < 1.29 is 29.3 Å². The quantitative estimate of drug-likeness (QED) is 0.535. The molecule has 114 valence electrons. The molecule has 0 aromatic rings. The van der Waals surface area contributed by atoms with Gasteiger partial charge in [0.1, 0.15) is 0 Å². The van der Waals surface area contributed by atoms with Crippen molar-refractivity contribution in [2.75, 3.05) is 13.2 Å². The van der Waals surface area contributed by atoms with E-state index in [1.165, 1.54) is 0 Å². The number of cyclic esters (lactones) is 1. The van der Waals surface area contributed by atoms with Crippen LogP contribution in [0.1, 0.15) is 20.3 Å². The third-order valence-electron chi connectivity index (χ3n) is 5.98. The zero-order valence-corrected chi connectivity index (χ0v) is 12.0. The van der Waals surface area contributed by atoms with Gasteiger partial charge in [-0.05, 0) is 11.8 Å². The van der Waals surface area contributed by atoms with E-state index in [0.717, 1.165) is 0 Å². The molecular formula is C15H18O6. The Kier molecular flexibility index (Phi) is 2.21. The Hall–Kier alpha value is -1.40. The zero-order chi connectivity index (χ0) is 15.2. The van der Waals surface area contributed by atoms with E-state index in [2.05, 4.69) is 0 Å². The lowest BCUT2D eigenvalue weighted by Crippen LogP contribution is -2.56. The maximum atomic E-state index is 12.3. The van der Waals surface area contributed by atoms with Crippen LogP contribution in [0, 0.1) is 22.7 Å². The second-order valence-electron chi connectivity index (χ2n) is 7.37. The van der Waals surface area contributed by atoms with Crippen molar-refractivity contribution in [1.29, 1.82) is 0 Å². The minimum atomic E-state index is -1.07. The number of carboxylic acid groups (broad SMARTS) is 1. The number of aliphatic hydroxyl groups is 1. The number of aliphatic carboxylic acids is 1. The number of aliphatic hydroxyl groups excluding tert-OH is 1. The summed E-state index contributed by atoms with van der Waals surface area (Å²) in [5.74, 6) is -2.20. The highest BCUT2D eigenvalue weighted by Gasteiger charge is 2.81. The molecule has 0 aromatic heterocycles. The van der Waals surface area contributed by atoms with Crippen LogP contribution < -0.4 is 0 Å². The third kappa shape index (κ3) is 1.27. The lowest BCUT2D eigenvalue weighted by Gasteiger charge is -2.44. The standard InChI is InChI=1S/C15H18O6/c1-13(2)5-14-8(10(13)16)3-7(11(17)18)9(14)4-20-12(19)15(14)6-21-15/h3,8-10,16H,4-6H2,1-2H3,(H,17,18)/t8-,9+,10-,14-,15-/m1/s1. The fourth-order valence-electron chi connectivity index (χ4n) is 5.00. The summed E-state index contributed by atoms with van der Waals surface area (Å²) in [7, 11) is 0. The summed E-state index contributed by atoms with van der Waals surface area (Å²) in [6, 6.07) is 0. The molecule has 1 saturated carbocycles. The number of hydrogen-bond donors (Lipinski definition) is 2. The van der Waals surface area contributed by atoms with Gasteiger partial charge in [-0.3, -0.25) is 0 Å². The largest absolute Gasteiger partial charge is 0.478 e. The maximum Gasteiger partial charge on any atom is 0.341 e. The van der Waals surface area contributed by atoms with Crippen molar-refractivity contribution >= 4 is 11.9 Å². The van der Waals surface area contributed by atoms with E-state index in [1.807, 2.05) is 13.8 Å². The Labute approximate surface area is 121 Å². The van der Waals surface area contributed by atoms with Gasteiger partial charge in [0, 0.05) is 22.8 Å². The van der Waals surface area contributed by atoms with Crippen LogP contribution in [0.5, 0.6) is 0 Å². The van der Waals surface area contributed by atoms with Crippen LogP contribution in [0.4, 0.5) is 0 Å². The number of hydrogen-bond acceptors (Lipinski definition) is 5. The van der Waals surface area contributed by atoms with Crippen LogP contribution in [0.3, 0.4) is 0 Å². The molecule has 5 atom stereocenters. The van der Waals surface area contributed by atoms with Gasteiger partial charge >= 0.3 is 11.9 Å². The first kappa shape index (κ1) is 13.3. The molecule has 2 aliphatic heterocycles. The molecule has 6 heteroatoms. The van der Waals surface area contributed by atoms with E-state index >= 15 is 0 Å². The van der Waals surface area contributed by atoms with Crippen molar-refractivity contribution in [3.05, 3.63) is 11.6 Å². The van der Waals surface area contributed by atoms with Gasteiger partial charge in [0.05, 0.1) is 19.3 Å². The molecule has 4 aliphatic rings. The summed E-state index contributed by atoms with van der Waals surface area (Å²) < 4.78 is 10.7. The zero-order valence-electron chi connectivity index (χ0n) is 12.0. The molecule has 0 aromatic carbocycles. The lowest BCUT2D eigenvalue weighted by atomic mass is 9.61. The first-order valence-electron chi connectivity index (χ1n) is 7.20. The Balaban J connectivity index is 1.91. The molecule has 3 fully saturated rings. The topological polar surface area (TPSA) is 96.4 Å². The summed E-state index contributed by atoms with van der Waals surface area (Å²) >= 11 is 0. The van der Waals surface area contributed by atoms with Crippen molar-refractivity contribution in [3.8, 4) is 0 Å². The smallest absolute Gasteiger partial charge is 0.341 e. The van der Waals surface area contributed by atoms with E-state index in [-0.39, 0.29) is 30.1 Å². The highest BCUT2D eigenvalue weighted by Crippen LogP contribution is 2.71. The van der Waals surface area contributed by atoms with Gasteiger partial charge in [0.15, 0.2) is 5.60 Å². The molecular weight excluding hydrogens is 276 g/mol. The fourth-order valence-corrected chi connectivity index (χ4v) is 5.00. The molecule has 2 aliphatic carbocycles. The first-order chi connectivity index (χ1) is 9.76. The Morgan fingerprint density at radius 2 is 2.10 bits per heavy atom. The van der Waals surface area contributed by atoms with Gasteiger partial charge in [-0.1, -0.05) is 19.9 Å². The number of carbonyl (C=O) groups is 2. The van der Waals surface area contributed by atoms with Crippen LogP contribution in [0.2, 0.25) is 0 Å². The third-order valence-corrected chi connectivity index (χ3v) is 5.98. The van der Waals surface area contributed by atoms with Gasteiger partial charge < -0.3 is 19.7 Å². The summed E-state index contributed by atoms with van der Waals surface area (Å²) in [6.07, 6.45) is 1.50. The minimum Gasteiger partial charge on any atom is -0.478 e. The molecule has 0 amide bonds. The Morgan fingerprint density at radius 1 is 1.43 bits per heavy atom. The molecule has 21 heavy (non-hydrogen) atoms. The maximum absolute atomic E-state index is 12.3. The Morgan fingerprint density at radius 3 is 2.67 bits per heavy atom. The molecule has 2 saturated heterocycles. The van der Waals surface area contributed by atoms with Crippen LogP contribution in [-0.2, 0) is 19.1 Å². The van der Waals surface area contributed by atoms with Crippen LogP contribution in [0.15, 0.2) is 11.6 Å². The van der Waals surface area contributed by atoms with E-state index in [1.54, 1.807) is 6.08 Å². The molecule has 4 rings (SSSR count). The average molecular weight is 294 g/mol. The van der Waals surface area contributed by atoms with Gasteiger partial charge in [-0.15, -0.1) is 0 Å². The fraction of sp³-hybridized carbons (Fsp3) is 0.733. The second-order valence-corrected chi connectivity index (χ2v) is 7.37. The predicted molar refractivity (Wildman–Crippen MR) is 69.2 cm³/mol. The highest BCUT2D eigenvalue weighted by atomic mass is 16.6. The Bertz CT molecular complexity index is 587. The molecule has 2 N–H and O–H groups in total. The summed E-state index contributed by atoms with van der Waals surface area (Å²) in [6.45, 7) is 4.21. The average Bonchev–Trinajstić information content (AvgIpc) is 3.08. The molecule has 2 heterocycles. The lowest BCUT2D eigenvalue weighted by molar-refractivity contribution is -0.175. The van der Waals surface area contributed by atoms with E-state index in [4.69, 9.17) is 9.47 Å². The number of esters is 1. The molecule has 0 radical (unpaired) electrons. The predicted octanol–water partition coefficient (Wildman–Crippen LogP) is 0.346. The number of epoxide rings is 1. The summed E-state index contributed by atoms with van der Waals surface area (Å²) in [5, 5.41) is 20.1. The van der Waals surface area contributed by atoms with Crippen LogP contribution >= 0.6 is 0 Å². The minimum absolute atomic E-state index is 0.0569. The van der Waals surface area contributed by atoms with Crippen LogP contribution in [0.25, 0.3) is 0 Å². The van der Waals surface area contributed by atoms with E-state index in [0.29, 0.717) is 6.42 Å². The monoisotopic (exact) mass is 294 g/mol. The number of carbonyl (C=O) groups excluding carboxylic acids is 1. The number of ether oxygens (including phenoxy) is 2. The van der Waals surface area contributed by atoms with Crippen molar-refractivity contribution in [2.24, 2.45) is 22.7 Å². The van der Waals surface area contributed by atoms with Crippen LogP contribution in [-0.4, -0.2) is 47.1 Å². The SMILES string of the molecule is CC1(C)C[C@@]23[C@H](C=C(C(=O)O)[C@@H]2COC(=O)[C@]32CO2)[C@H]1O. The molecule has 0 bridgehead atoms. The molecule has 6 nitrogen and oxygen atoms in total. The summed E-state index contributed by atoms with van der Waals surface area (Å²) in [4.78, 5) is 23.8. The van der Waals surface area contributed by atoms with E-state index < -0.39 is 35.0 Å². The van der Waals surface area contributed by atoms with Gasteiger partial charge in [0.2, 0.25) is 0 Å². The van der Waals surface area contributed by atoms with E-state index in [9.17, 15) is 19.8 Å². The van der Waals surface area contributed by atoms with Crippen molar-refractivity contribution in [2.45, 2.75) is 32.0 Å². The molecule has 2 spiro atoms. The normalized spacial score (nSPS) is 49.4. The first-order valence-corrected chi connectivity index (χ1v) is 7.20. The van der Waals surface area contributed by atoms with Crippen molar-refractivity contribution in [3.63, 3.8) is 0 Å². The van der Waals surface area contributed by atoms with Gasteiger partial charge in [-0.2, -0.15) is 0 Å². The van der Waals surface area contributed by atoms with Crippen molar-refractivity contribution in [1.82, 2.24) is 0 Å². The second kappa shape index (κ2) is 3.50. The number of rotatable bonds is 1. The number of carboxylic acids is 1. The van der Waals surface area contributed by atoms with Gasteiger partial charge in [0.25, 0.3) is 0 Å².